The first kappa shape index (κ1) is 11.7. The molecular weight excluding hydrogens is 184 g/mol. The Morgan fingerprint density at radius 2 is 2.00 bits per heavy atom. The van der Waals surface area contributed by atoms with Crippen LogP contribution in [0.4, 0.5) is 0 Å². The number of terminal acetylenes is 1. The van der Waals surface area contributed by atoms with Gasteiger partial charge in [-0.1, -0.05) is 38.8 Å². The summed E-state index contributed by atoms with van der Waals surface area (Å²) in [5.74, 6) is 3.40. The van der Waals surface area contributed by atoms with E-state index in [4.69, 9.17) is 11.2 Å². The van der Waals surface area contributed by atoms with Crippen LogP contribution in [0.2, 0.25) is 0 Å². The fraction of sp³-hybridized carbons (Fsp3) is 0.429. The molecule has 1 aromatic carbocycles. The lowest BCUT2D eigenvalue weighted by Crippen LogP contribution is -2.13. The van der Waals surface area contributed by atoms with Gasteiger partial charge in [0.1, 0.15) is 12.4 Å². The predicted octanol–water partition coefficient (Wildman–Crippen LogP) is 3.30. The number of ether oxygens (including phenoxy) is 1. The SMILES string of the molecule is C#CCOc1cc(C)ccc1C(C)(C)C. The van der Waals surface area contributed by atoms with Crippen LogP contribution < -0.4 is 4.74 Å². The van der Waals surface area contributed by atoms with Gasteiger partial charge in [-0.15, -0.1) is 6.42 Å². The summed E-state index contributed by atoms with van der Waals surface area (Å²) in [4.78, 5) is 0. The second-order valence-electron chi connectivity index (χ2n) is 4.74. The van der Waals surface area contributed by atoms with Crippen molar-refractivity contribution in [2.45, 2.75) is 33.1 Å². The van der Waals surface area contributed by atoms with Gasteiger partial charge in [0, 0.05) is 0 Å². The lowest BCUT2D eigenvalue weighted by Gasteiger charge is -2.22. The Morgan fingerprint density at radius 3 is 2.53 bits per heavy atom. The van der Waals surface area contributed by atoms with Crippen molar-refractivity contribution in [3.05, 3.63) is 29.3 Å². The number of aryl methyl sites for hydroxylation is 1. The van der Waals surface area contributed by atoms with Crippen LogP contribution in [0.3, 0.4) is 0 Å². The summed E-state index contributed by atoms with van der Waals surface area (Å²) in [7, 11) is 0. The van der Waals surface area contributed by atoms with E-state index in [0.29, 0.717) is 6.61 Å². The number of hydrogen-bond donors (Lipinski definition) is 0. The number of rotatable bonds is 2. The summed E-state index contributed by atoms with van der Waals surface area (Å²) in [6.45, 7) is 8.88. The third-order valence-corrected chi connectivity index (χ3v) is 2.26. The van der Waals surface area contributed by atoms with E-state index in [0.717, 1.165) is 5.75 Å². The first-order valence-corrected chi connectivity index (χ1v) is 5.12. The second kappa shape index (κ2) is 4.40. The van der Waals surface area contributed by atoms with Gasteiger partial charge in [-0.3, -0.25) is 0 Å². The highest BCUT2D eigenvalue weighted by atomic mass is 16.5. The molecule has 0 fully saturated rings. The zero-order valence-corrected chi connectivity index (χ0v) is 9.92. The zero-order chi connectivity index (χ0) is 11.5. The van der Waals surface area contributed by atoms with Crippen molar-refractivity contribution >= 4 is 0 Å². The minimum atomic E-state index is 0.0810. The van der Waals surface area contributed by atoms with E-state index in [-0.39, 0.29) is 5.41 Å². The first-order valence-electron chi connectivity index (χ1n) is 5.12. The van der Waals surface area contributed by atoms with Crippen molar-refractivity contribution < 1.29 is 4.74 Å². The largest absolute Gasteiger partial charge is 0.481 e. The van der Waals surface area contributed by atoms with E-state index in [9.17, 15) is 0 Å². The molecule has 80 valence electrons. The molecule has 0 atom stereocenters. The van der Waals surface area contributed by atoms with Crippen molar-refractivity contribution in [2.75, 3.05) is 6.61 Å². The van der Waals surface area contributed by atoms with Gasteiger partial charge < -0.3 is 4.74 Å². The summed E-state index contributed by atoms with van der Waals surface area (Å²) in [5, 5.41) is 0. The molecule has 0 bridgehead atoms. The van der Waals surface area contributed by atoms with Gasteiger partial charge in [0.2, 0.25) is 0 Å². The summed E-state index contributed by atoms with van der Waals surface area (Å²) in [6, 6.07) is 6.25. The normalized spacial score (nSPS) is 10.9. The zero-order valence-electron chi connectivity index (χ0n) is 9.92. The molecule has 1 nitrogen and oxygen atoms in total. The van der Waals surface area contributed by atoms with Crippen molar-refractivity contribution in [1.29, 1.82) is 0 Å². The van der Waals surface area contributed by atoms with Crippen molar-refractivity contribution in [3.8, 4) is 18.1 Å². The maximum atomic E-state index is 5.56. The standard InChI is InChI=1S/C14H18O/c1-6-9-15-13-10-11(2)7-8-12(13)14(3,4)5/h1,7-8,10H,9H2,2-5H3. The molecular formula is C14H18O. The van der Waals surface area contributed by atoms with Gasteiger partial charge in [-0.25, -0.2) is 0 Å². The molecule has 0 aromatic heterocycles. The van der Waals surface area contributed by atoms with E-state index < -0.39 is 0 Å². The summed E-state index contributed by atoms with van der Waals surface area (Å²) in [6.07, 6.45) is 5.20. The highest BCUT2D eigenvalue weighted by molar-refractivity contribution is 5.41. The molecule has 0 radical (unpaired) electrons. The average molecular weight is 202 g/mol. The van der Waals surface area contributed by atoms with Gasteiger partial charge in [-0.05, 0) is 29.5 Å². The highest BCUT2D eigenvalue weighted by Crippen LogP contribution is 2.31. The molecule has 0 heterocycles. The molecule has 0 aliphatic rings. The van der Waals surface area contributed by atoms with E-state index in [2.05, 4.69) is 45.7 Å². The predicted molar refractivity (Wildman–Crippen MR) is 64.2 cm³/mol. The van der Waals surface area contributed by atoms with Gasteiger partial charge in [0.25, 0.3) is 0 Å². The number of hydrogen-bond acceptors (Lipinski definition) is 1. The average Bonchev–Trinajstić information content (AvgIpc) is 2.12. The molecule has 0 spiro atoms. The van der Waals surface area contributed by atoms with Crippen LogP contribution in [0.1, 0.15) is 31.9 Å². The Bertz CT molecular complexity index is 377. The van der Waals surface area contributed by atoms with Crippen molar-refractivity contribution in [1.82, 2.24) is 0 Å². The molecule has 0 N–H and O–H groups in total. The lowest BCUT2D eigenvalue weighted by molar-refractivity contribution is 0.357. The van der Waals surface area contributed by atoms with Crippen molar-refractivity contribution in [3.63, 3.8) is 0 Å². The highest BCUT2D eigenvalue weighted by Gasteiger charge is 2.18. The Hall–Kier alpha value is -1.42. The third-order valence-electron chi connectivity index (χ3n) is 2.26. The van der Waals surface area contributed by atoms with Crippen LogP contribution >= 0.6 is 0 Å². The first-order chi connectivity index (χ1) is 6.95. The fourth-order valence-electron chi connectivity index (χ4n) is 1.49. The van der Waals surface area contributed by atoms with Crippen LogP contribution in [0.5, 0.6) is 5.75 Å². The molecule has 0 saturated carbocycles. The van der Waals surface area contributed by atoms with Crippen LogP contribution in [-0.4, -0.2) is 6.61 Å². The van der Waals surface area contributed by atoms with Gasteiger partial charge in [0.05, 0.1) is 0 Å². The molecule has 0 amide bonds. The van der Waals surface area contributed by atoms with Gasteiger partial charge in [-0.2, -0.15) is 0 Å². The molecule has 0 saturated heterocycles. The summed E-state index contributed by atoms with van der Waals surface area (Å²) in [5.41, 5.74) is 2.47. The smallest absolute Gasteiger partial charge is 0.148 e. The Labute approximate surface area is 92.5 Å². The van der Waals surface area contributed by atoms with E-state index in [1.165, 1.54) is 11.1 Å². The summed E-state index contributed by atoms with van der Waals surface area (Å²) >= 11 is 0. The van der Waals surface area contributed by atoms with E-state index in [1.54, 1.807) is 0 Å². The van der Waals surface area contributed by atoms with Gasteiger partial charge in [0.15, 0.2) is 0 Å². The topological polar surface area (TPSA) is 9.23 Å². The summed E-state index contributed by atoms with van der Waals surface area (Å²) < 4.78 is 5.56. The maximum absolute atomic E-state index is 5.56. The molecule has 0 aliphatic heterocycles. The minimum absolute atomic E-state index is 0.0810. The minimum Gasteiger partial charge on any atom is -0.481 e. The Morgan fingerprint density at radius 1 is 1.33 bits per heavy atom. The van der Waals surface area contributed by atoms with Crippen LogP contribution in [0.15, 0.2) is 18.2 Å². The molecule has 1 aromatic rings. The van der Waals surface area contributed by atoms with Crippen LogP contribution in [0, 0.1) is 19.3 Å². The van der Waals surface area contributed by atoms with Gasteiger partial charge >= 0.3 is 0 Å². The third kappa shape index (κ3) is 3.02. The second-order valence-corrected chi connectivity index (χ2v) is 4.74. The molecule has 1 rings (SSSR count). The monoisotopic (exact) mass is 202 g/mol. The Kier molecular flexibility index (Phi) is 3.42. The van der Waals surface area contributed by atoms with Crippen molar-refractivity contribution in [2.24, 2.45) is 0 Å². The quantitative estimate of drug-likeness (QED) is 0.669. The molecule has 1 heteroatoms. The number of benzene rings is 1. The molecule has 0 unspecified atom stereocenters. The Balaban J connectivity index is 3.10. The van der Waals surface area contributed by atoms with E-state index in [1.807, 2.05) is 6.07 Å². The fourth-order valence-corrected chi connectivity index (χ4v) is 1.49. The van der Waals surface area contributed by atoms with Crippen LogP contribution in [0.25, 0.3) is 0 Å². The lowest BCUT2D eigenvalue weighted by atomic mass is 9.86. The maximum Gasteiger partial charge on any atom is 0.148 e. The van der Waals surface area contributed by atoms with E-state index >= 15 is 0 Å². The molecule has 15 heavy (non-hydrogen) atoms. The van der Waals surface area contributed by atoms with Crippen LogP contribution in [-0.2, 0) is 5.41 Å². The molecule has 0 aliphatic carbocycles.